The molecule has 1 saturated heterocycles. The lowest BCUT2D eigenvalue weighted by atomic mass is 9.66. The number of rotatable bonds is 2. The van der Waals surface area contributed by atoms with E-state index in [-0.39, 0.29) is 23.8 Å². The van der Waals surface area contributed by atoms with Crippen molar-refractivity contribution in [3.8, 4) is 0 Å². The Balaban J connectivity index is 1.58. The fourth-order valence-corrected chi connectivity index (χ4v) is 5.40. The molecule has 4 aliphatic rings. The van der Waals surface area contributed by atoms with Gasteiger partial charge in [-0.15, -0.1) is 0 Å². The SMILES string of the molecule is CC1(C)[C@@]2(C)CC[C@]1(C(=O)O[C@@H]1CC[C@@H]3CCC(=O)[C@@H]31)OC2=O. The van der Waals surface area contributed by atoms with Crippen LogP contribution in [-0.2, 0) is 23.9 Å². The molecule has 0 unspecified atom stereocenters. The highest BCUT2D eigenvalue weighted by atomic mass is 16.6. The van der Waals surface area contributed by atoms with Crippen LogP contribution in [0, 0.1) is 22.7 Å². The van der Waals surface area contributed by atoms with Gasteiger partial charge in [0.05, 0.1) is 11.3 Å². The molecule has 0 aromatic heterocycles. The Hall–Kier alpha value is -1.39. The van der Waals surface area contributed by atoms with Gasteiger partial charge in [-0.1, -0.05) is 13.8 Å². The van der Waals surface area contributed by atoms with Gasteiger partial charge in [-0.2, -0.15) is 0 Å². The summed E-state index contributed by atoms with van der Waals surface area (Å²) in [4.78, 5) is 37.3. The summed E-state index contributed by atoms with van der Waals surface area (Å²) in [6.45, 7) is 5.72. The molecule has 0 N–H and O–H groups in total. The third-order valence-electron chi connectivity index (χ3n) is 7.54. The zero-order chi connectivity index (χ0) is 16.6. The average Bonchev–Trinajstić information content (AvgIpc) is 3.14. The second-order valence-electron chi connectivity index (χ2n) is 8.49. The number of hydrogen-bond donors (Lipinski definition) is 0. The number of esters is 2. The molecule has 5 heteroatoms. The lowest BCUT2D eigenvalue weighted by Gasteiger charge is -2.35. The minimum absolute atomic E-state index is 0.136. The van der Waals surface area contributed by atoms with Crippen LogP contribution in [0.5, 0.6) is 0 Å². The van der Waals surface area contributed by atoms with E-state index in [0.717, 1.165) is 19.3 Å². The molecule has 4 fully saturated rings. The Bertz CT molecular complexity index is 609. The van der Waals surface area contributed by atoms with Gasteiger partial charge in [0, 0.05) is 11.8 Å². The number of ether oxygens (including phenoxy) is 2. The molecule has 3 saturated carbocycles. The first-order valence-electron chi connectivity index (χ1n) is 8.70. The predicted octanol–water partition coefficient (Wildman–Crippen LogP) is 2.41. The Morgan fingerprint density at radius 1 is 1.13 bits per heavy atom. The molecule has 3 aliphatic carbocycles. The molecule has 1 heterocycles. The summed E-state index contributed by atoms with van der Waals surface area (Å²) in [5, 5.41) is 0. The first-order chi connectivity index (χ1) is 10.7. The summed E-state index contributed by atoms with van der Waals surface area (Å²) in [5.74, 6) is -0.287. The van der Waals surface area contributed by atoms with E-state index < -0.39 is 22.4 Å². The number of Topliss-reactive ketones (excluding diaryl/α,β-unsaturated/α-hetero) is 1. The maximum absolute atomic E-state index is 13.0. The van der Waals surface area contributed by atoms with E-state index in [1.165, 1.54) is 0 Å². The van der Waals surface area contributed by atoms with E-state index in [4.69, 9.17) is 9.47 Å². The van der Waals surface area contributed by atoms with Gasteiger partial charge in [-0.25, -0.2) is 4.79 Å². The monoisotopic (exact) mass is 320 g/mol. The molecule has 0 spiro atoms. The Morgan fingerprint density at radius 2 is 1.87 bits per heavy atom. The van der Waals surface area contributed by atoms with Gasteiger partial charge in [0.25, 0.3) is 0 Å². The van der Waals surface area contributed by atoms with Crippen LogP contribution < -0.4 is 0 Å². The molecule has 23 heavy (non-hydrogen) atoms. The molecule has 126 valence electrons. The molecule has 5 nitrogen and oxygen atoms in total. The minimum atomic E-state index is -1.18. The summed E-state index contributed by atoms with van der Waals surface area (Å²) in [6, 6.07) is 0. The molecular formula is C18H24O5. The normalized spacial score (nSPS) is 46.8. The van der Waals surface area contributed by atoms with Crippen molar-refractivity contribution in [1.82, 2.24) is 0 Å². The van der Waals surface area contributed by atoms with E-state index >= 15 is 0 Å². The van der Waals surface area contributed by atoms with E-state index in [1.54, 1.807) is 0 Å². The molecule has 2 bridgehead atoms. The smallest absolute Gasteiger partial charge is 0.351 e. The Morgan fingerprint density at radius 3 is 2.48 bits per heavy atom. The third kappa shape index (κ3) is 1.61. The summed E-state index contributed by atoms with van der Waals surface area (Å²) in [7, 11) is 0. The van der Waals surface area contributed by atoms with Crippen LogP contribution in [0.2, 0.25) is 0 Å². The summed E-state index contributed by atoms with van der Waals surface area (Å²) >= 11 is 0. The number of hydrogen-bond acceptors (Lipinski definition) is 5. The molecule has 0 amide bonds. The fraction of sp³-hybridized carbons (Fsp3) is 0.833. The largest absolute Gasteiger partial charge is 0.459 e. The van der Waals surface area contributed by atoms with Gasteiger partial charge in [-0.3, -0.25) is 9.59 Å². The highest BCUT2D eigenvalue weighted by Crippen LogP contribution is 2.66. The van der Waals surface area contributed by atoms with Crippen molar-refractivity contribution in [2.45, 2.75) is 71.0 Å². The quantitative estimate of drug-likeness (QED) is 0.731. The predicted molar refractivity (Wildman–Crippen MR) is 80.3 cm³/mol. The maximum atomic E-state index is 13.0. The molecule has 0 aromatic carbocycles. The Labute approximate surface area is 136 Å². The van der Waals surface area contributed by atoms with Gasteiger partial charge >= 0.3 is 11.9 Å². The van der Waals surface area contributed by atoms with Gasteiger partial charge in [-0.05, 0) is 44.9 Å². The van der Waals surface area contributed by atoms with Crippen molar-refractivity contribution in [3.05, 3.63) is 0 Å². The minimum Gasteiger partial charge on any atom is -0.459 e. The first kappa shape index (κ1) is 15.2. The first-order valence-corrected chi connectivity index (χ1v) is 8.70. The van der Waals surface area contributed by atoms with Crippen LogP contribution in [0.25, 0.3) is 0 Å². The highest BCUT2D eigenvalue weighted by molar-refractivity contribution is 5.94. The molecular weight excluding hydrogens is 296 g/mol. The Kier molecular flexibility index (Phi) is 2.88. The van der Waals surface area contributed by atoms with Crippen LogP contribution in [0.4, 0.5) is 0 Å². The molecule has 0 aromatic rings. The lowest BCUT2D eigenvalue weighted by Crippen LogP contribution is -2.50. The van der Waals surface area contributed by atoms with Crippen LogP contribution in [0.15, 0.2) is 0 Å². The second kappa shape index (κ2) is 4.37. The summed E-state index contributed by atoms with van der Waals surface area (Å²) in [6.07, 6.45) is 4.03. The topological polar surface area (TPSA) is 69.7 Å². The average molecular weight is 320 g/mol. The van der Waals surface area contributed by atoms with Crippen LogP contribution >= 0.6 is 0 Å². The second-order valence-corrected chi connectivity index (χ2v) is 8.49. The van der Waals surface area contributed by atoms with Crippen molar-refractivity contribution in [2.75, 3.05) is 0 Å². The van der Waals surface area contributed by atoms with Crippen molar-refractivity contribution >= 4 is 17.7 Å². The fourth-order valence-electron chi connectivity index (χ4n) is 5.40. The zero-order valence-corrected chi connectivity index (χ0v) is 14.0. The number of ketones is 1. The van der Waals surface area contributed by atoms with Crippen LogP contribution in [0.1, 0.15) is 59.3 Å². The van der Waals surface area contributed by atoms with Gasteiger partial charge in [0.1, 0.15) is 11.9 Å². The molecule has 5 atom stereocenters. The number of carbonyl (C=O) groups excluding carboxylic acids is 3. The summed E-state index contributed by atoms with van der Waals surface area (Å²) < 4.78 is 11.4. The zero-order valence-electron chi connectivity index (χ0n) is 14.0. The third-order valence-corrected chi connectivity index (χ3v) is 7.54. The molecule has 4 rings (SSSR count). The van der Waals surface area contributed by atoms with Crippen molar-refractivity contribution in [1.29, 1.82) is 0 Å². The standard InChI is InChI=1S/C18H24O5/c1-16(2)17(3)8-9-18(16,23-14(17)20)15(21)22-12-7-5-10-4-6-11(19)13(10)12/h10,12-13H,4-9H2,1-3H3/t10-,12+,13+,17-,18+/m0/s1. The van der Waals surface area contributed by atoms with Crippen molar-refractivity contribution < 1.29 is 23.9 Å². The van der Waals surface area contributed by atoms with E-state index in [9.17, 15) is 14.4 Å². The van der Waals surface area contributed by atoms with Gasteiger partial charge < -0.3 is 9.47 Å². The van der Waals surface area contributed by atoms with Gasteiger partial charge in [0.15, 0.2) is 0 Å². The molecule has 1 aliphatic heterocycles. The van der Waals surface area contributed by atoms with Gasteiger partial charge in [0.2, 0.25) is 5.60 Å². The highest BCUT2D eigenvalue weighted by Gasteiger charge is 2.76. The van der Waals surface area contributed by atoms with Crippen LogP contribution in [0.3, 0.4) is 0 Å². The van der Waals surface area contributed by atoms with Crippen LogP contribution in [-0.4, -0.2) is 29.4 Å². The molecule has 0 radical (unpaired) electrons. The van der Waals surface area contributed by atoms with E-state index in [1.807, 2.05) is 20.8 Å². The summed E-state index contributed by atoms with van der Waals surface area (Å²) in [5.41, 5.74) is -2.40. The van der Waals surface area contributed by atoms with Crippen molar-refractivity contribution in [3.63, 3.8) is 0 Å². The number of fused-ring (bicyclic) bond motifs is 3. The number of carbonyl (C=O) groups is 3. The van der Waals surface area contributed by atoms with Crippen molar-refractivity contribution in [2.24, 2.45) is 22.7 Å². The van der Waals surface area contributed by atoms with E-state index in [0.29, 0.717) is 25.2 Å². The maximum Gasteiger partial charge on any atom is 0.351 e. The lowest BCUT2D eigenvalue weighted by molar-refractivity contribution is -0.188. The van der Waals surface area contributed by atoms with E-state index in [2.05, 4.69) is 0 Å².